The molecular weight excluding hydrogens is 418 g/mol. The van der Waals surface area contributed by atoms with Crippen LogP contribution in [0.3, 0.4) is 0 Å². The molecule has 7 nitrogen and oxygen atoms in total. The molecule has 0 bridgehead atoms. The van der Waals surface area contributed by atoms with E-state index in [0.29, 0.717) is 28.1 Å². The Kier molecular flexibility index (Phi) is 6.06. The fraction of sp³-hybridized carbons (Fsp3) is 0.333. The van der Waals surface area contributed by atoms with Gasteiger partial charge in [-0.1, -0.05) is 17.8 Å². The zero-order chi connectivity index (χ0) is 21.1. The minimum absolute atomic E-state index is 0.163. The molecule has 0 radical (unpaired) electrons. The summed E-state index contributed by atoms with van der Waals surface area (Å²) in [7, 11) is 0. The Hall–Kier alpha value is -2.83. The molecular formula is C21H21N5O2S2. The number of anilines is 1. The van der Waals surface area contributed by atoms with Gasteiger partial charge in [0.15, 0.2) is 11.0 Å². The van der Waals surface area contributed by atoms with Crippen molar-refractivity contribution in [3.63, 3.8) is 0 Å². The lowest BCUT2D eigenvalue weighted by atomic mass is 9.96. The molecule has 154 valence electrons. The molecule has 0 saturated carbocycles. The van der Waals surface area contributed by atoms with Crippen molar-refractivity contribution in [1.82, 2.24) is 14.8 Å². The Morgan fingerprint density at radius 1 is 1.47 bits per heavy atom. The van der Waals surface area contributed by atoms with Crippen molar-refractivity contribution in [3.8, 4) is 17.5 Å². The zero-order valence-electron chi connectivity index (χ0n) is 16.6. The molecule has 3 aromatic rings. The topological polar surface area (TPSA) is 96.7 Å². The smallest absolute Gasteiger partial charge is 0.235 e. The quantitative estimate of drug-likeness (QED) is 0.428. The van der Waals surface area contributed by atoms with Gasteiger partial charge in [0.05, 0.1) is 23.1 Å². The molecule has 1 aliphatic rings. The summed E-state index contributed by atoms with van der Waals surface area (Å²) in [6, 6.07) is 4.12. The SMILES string of the molecule is C=CCn1c(SCC(=O)Nc2sc3c(c2C#N)CCCC3)nnc1-c1ccoc1C. The van der Waals surface area contributed by atoms with Crippen molar-refractivity contribution in [1.29, 1.82) is 5.26 Å². The molecule has 0 atom stereocenters. The van der Waals surface area contributed by atoms with Crippen LogP contribution in [0.5, 0.6) is 0 Å². The van der Waals surface area contributed by atoms with Gasteiger partial charge >= 0.3 is 0 Å². The second kappa shape index (κ2) is 8.90. The highest BCUT2D eigenvalue weighted by Gasteiger charge is 2.22. The lowest BCUT2D eigenvalue weighted by Gasteiger charge is -2.09. The predicted molar refractivity (Wildman–Crippen MR) is 118 cm³/mol. The van der Waals surface area contributed by atoms with Gasteiger partial charge in [-0.25, -0.2) is 0 Å². The standard InChI is InChI=1S/C21H21N5O2S2/c1-3-9-26-19(14-8-10-28-13(14)2)24-25-21(26)29-12-18(27)23-20-16(11-22)15-6-4-5-7-17(15)30-20/h3,8,10H,1,4-7,9,12H2,2H3,(H,23,27). The number of nitriles is 1. The van der Waals surface area contributed by atoms with E-state index in [1.54, 1.807) is 12.3 Å². The molecule has 0 aromatic carbocycles. The number of aromatic nitrogens is 3. The summed E-state index contributed by atoms with van der Waals surface area (Å²) in [5, 5.41) is 22.3. The van der Waals surface area contributed by atoms with E-state index in [-0.39, 0.29) is 11.7 Å². The van der Waals surface area contributed by atoms with Crippen LogP contribution in [0.25, 0.3) is 11.4 Å². The van der Waals surface area contributed by atoms with Gasteiger partial charge in [0, 0.05) is 11.4 Å². The number of hydrogen-bond donors (Lipinski definition) is 1. The number of thioether (sulfide) groups is 1. The van der Waals surface area contributed by atoms with Gasteiger partial charge in [0.2, 0.25) is 5.91 Å². The Bertz CT molecular complexity index is 1140. The summed E-state index contributed by atoms with van der Waals surface area (Å²) in [5.41, 5.74) is 2.60. The Balaban J connectivity index is 1.48. The van der Waals surface area contributed by atoms with Crippen molar-refractivity contribution >= 4 is 34.0 Å². The second-order valence-corrected chi connectivity index (χ2v) is 9.01. The minimum Gasteiger partial charge on any atom is -0.469 e. The molecule has 1 amide bonds. The minimum atomic E-state index is -0.163. The van der Waals surface area contributed by atoms with E-state index in [4.69, 9.17) is 4.42 Å². The molecule has 0 spiro atoms. The summed E-state index contributed by atoms with van der Waals surface area (Å²) in [6.45, 7) is 6.20. The fourth-order valence-electron chi connectivity index (χ4n) is 3.57. The van der Waals surface area contributed by atoms with Gasteiger partial charge in [-0.3, -0.25) is 9.36 Å². The number of furan rings is 1. The van der Waals surface area contributed by atoms with Crippen LogP contribution < -0.4 is 5.32 Å². The Morgan fingerprint density at radius 3 is 3.03 bits per heavy atom. The van der Waals surface area contributed by atoms with Crippen molar-refractivity contribution in [2.75, 3.05) is 11.1 Å². The number of fused-ring (bicyclic) bond motifs is 1. The second-order valence-electron chi connectivity index (χ2n) is 6.96. The van der Waals surface area contributed by atoms with Crippen LogP contribution in [0.4, 0.5) is 5.00 Å². The maximum Gasteiger partial charge on any atom is 0.235 e. The Labute approximate surface area is 182 Å². The van der Waals surface area contributed by atoms with Crippen LogP contribution in [-0.2, 0) is 24.2 Å². The third-order valence-electron chi connectivity index (χ3n) is 5.00. The van der Waals surface area contributed by atoms with Crippen LogP contribution in [0.1, 0.15) is 34.6 Å². The third kappa shape index (κ3) is 3.93. The number of nitrogens with one attached hydrogen (secondary N) is 1. The third-order valence-corrected chi connectivity index (χ3v) is 7.17. The average Bonchev–Trinajstić information content (AvgIpc) is 3.43. The van der Waals surface area contributed by atoms with Crippen LogP contribution in [0.2, 0.25) is 0 Å². The van der Waals surface area contributed by atoms with Crippen molar-refractivity contribution in [2.45, 2.75) is 44.3 Å². The summed E-state index contributed by atoms with van der Waals surface area (Å²) in [4.78, 5) is 13.8. The molecule has 9 heteroatoms. The maximum absolute atomic E-state index is 12.6. The molecule has 1 N–H and O–H groups in total. The van der Waals surface area contributed by atoms with E-state index >= 15 is 0 Å². The van der Waals surface area contributed by atoms with E-state index in [1.807, 2.05) is 17.6 Å². The molecule has 30 heavy (non-hydrogen) atoms. The highest BCUT2D eigenvalue weighted by molar-refractivity contribution is 7.99. The maximum atomic E-state index is 12.6. The van der Waals surface area contributed by atoms with Crippen LogP contribution in [0.15, 0.2) is 34.6 Å². The average molecular weight is 440 g/mol. The first kappa shape index (κ1) is 20.4. The highest BCUT2D eigenvalue weighted by atomic mass is 32.2. The molecule has 3 heterocycles. The zero-order valence-corrected chi connectivity index (χ0v) is 18.2. The van der Waals surface area contributed by atoms with E-state index < -0.39 is 0 Å². The fourth-order valence-corrected chi connectivity index (χ4v) is 5.57. The number of hydrogen-bond acceptors (Lipinski definition) is 7. The Morgan fingerprint density at radius 2 is 2.30 bits per heavy atom. The lowest BCUT2D eigenvalue weighted by molar-refractivity contribution is -0.113. The van der Waals surface area contributed by atoms with Gasteiger partial charge in [-0.2, -0.15) is 5.26 Å². The van der Waals surface area contributed by atoms with Gasteiger partial charge in [0.25, 0.3) is 0 Å². The van der Waals surface area contributed by atoms with E-state index in [9.17, 15) is 10.1 Å². The van der Waals surface area contributed by atoms with Crippen molar-refractivity contribution in [2.24, 2.45) is 0 Å². The molecule has 0 fully saturated rings. The largest absolute Gasteiger partial charge is 0.469 e. The highest BCUT2D eigenvalue weighted by Crippen LogP contribution is 2.37. The first-order chi connectivity index (χ1) is 14.6. The number of amides is 1. The first-order valence-electron chi connectivity index (χ1n) is 9.68. The van der Waals surface area contributed by atoms with Crippen molar-refractivity contribution in [3.05, 3.63) is 46.7 Å². The number of carbonyl (C=O) groups excluding carboxylic acids is 1. The van der Waals surface area contributed by atoms with E-state index in [0.717, 1.165) is 42.6 Å². The van der Waals surface area contributed by atoms with Gasteiger partial charge < -0.3 is 9.73 Å². The number of allylic oxidation sites excluding steroid dienone is 1. The summed E-state index contributed by atoms with van der Waals surface area (Å²) >= 11 is 2.84. The van der Waals surface area contributed by atoms with Gasteiger partial charge in [-0.05, 0) is 44.2 Å². The molecule has 1 aliphatic carbocycles. The van der Waals surface area contributed by atoms with E-state index in [2.05, 4.69) is 28.2 Å². The van der Waals surface area contributed by atoms with Crippen LogP contribution in [0, 0.1) is 18.3 Å². The predicted octanol–water partition coefficient (Wildman–Crippen LogP) is 4.58. The number of carbonyl (C=O) groups is 1. The number of nitrogens with zero attached hydrogens (tertiary/aromatic N) is 4. The van der Waals surface area contributed by atoms with Crippen LogP contribution in [-0.4, -0.2) is 26.4 Å². The number of aryl methyl sites for hydroxylation is 2. The summed E-state index contributed by atoms with van der Waals surface area (Å²) in [6.07, 6.45) is 7.52. The molecule has 0 unspecified atom stereocenters. The van der Waals surface area contributed by atoms with Gasteiger partial charge in [-0.15, -0.1) is 28.1 Å². The molecule has 0 aliphatic heterocycles. The first-order valence-corrected chi connectivity index (χ1v) is 11.5. The summed E-state index contributed by atoms with van der Waals surface area (Å²) < 4.78 is 7.29. The number of thiophene rings is 1. The van der Waals surface area contributed by atoms with Crippen LogP contribution >= 0.6 is 23.1 Å². The summed E-state index contributed by atoms with van der Waals surface area (Å²) in [5.74, 6) is 1.45. The lowest BCUT2D eigenvalue weighted by Crippen LogP contribution is -2.14. The monoisotopic (exact) mass is 439 g/mol. The normalized spacial score (nSPS) is 12.9. The number of rotatable bonds is 7. The molecule has 0 saturated heterocycles. The molecule has 4 rings (SSSR count). The molecule has 3 aromatic heterocycles. The van der Waals surface area contributed by atoms with Gasteiger partial charge in [0.1, 0.15) is 16.8 Å². The van der Waals surface area contributed by atoms with E-state index in [1.165, 1.54) is 28.0 Å². The van der Waals surface area contributed by atoms with Crippen molar-refractivity contribution < 1.29 is 9.21 Å².